The van der Waals surface area contributed by atoms with Crippen LogP contribution < -0.4 is 5.32 Å². The van der Waals surface area contributed by atoms with Crippen molar-refractivity contribution in [2.24, 2.45) is 0 Å². The Morgan fingerprint density at radius 3 is 2.71 bits per heavy atom. The fourth-order valence-corrected chi connectivity index (χ4v) is 3.08. The van der Waals surface area contributed by atoms with Gasteiger partial charge in [0.15, 0.2) is 5.65 Å². The van der Waals surface area contributed by atoms with Crippen molar-refractivity contribution in [3.8, 4) is 11.3 Å². The van der Waals surface area contributed by atoms with Crippen LogP contribution in [0.1, 0.15) is 12.1 Å². The Morgan fingerprint density at radius 2 is 2.00 bits per heavy atom. The van der Waals surface area contributed by atoms with Gasteiger partial charge in [-0.15, -0.1) is 0 Å². The van der Waals surface area contributed by atoms with Crippen molar-refractivity contribution >= 4 is 17.4 Å². The maximum Gasteiger partial charge on any atom is 0.244 e. The van der Waals surface area contributed by atoms with Gasteiger partial charge >= 0.3 is 0 Å². The molecule has 1 N–H and O–H groups in total. The first-order valence-electron chi connectivity index (χ1n) is 8.06. The Kier molecular flexibility index (Phi) is 3.45. The van der Waals surface area contributed by atoms with Gasteiger partial charge in [0.05, 0.1) is 11.4 Å². The highest BCUT2D eigenvalue weighted by atomic mass is 16.2. The van der Waals surface area contributed by atoms with E-state index in [0.717, 1.165) is 41.4 Å². The third-order valence-corrected chi connectivity index (χ3v) is 4.37. The fraction of sp³-hybridized carbons (Fsp3) is 0.278. The smallest absolute Gasteiger partial charge is 0.244 e. The number of carbonyl (C=O) groups is 1. The molecule has 1 aromatic carbocycles. The summed E-state index contributed by atoms with van der Waals surface area (Å²) in [6.45, 7) is 2.71. The molecule has 3 aromatic rings. The molecule has 122 valence electrons. The summed E-state index contributed by atoms with van der Waals surface area (Å²) in [5, 5.41) is 7.86. The van der Waals surface area contributed by atoms with Crippen molar-refractivity contribution < 1.29 is 4.79 Å². The van der Waals surface area contributed by atoms with Gasteiger partial charge in [-0.2, -0.15) is 9.61 Å². The van der Waals surface area contributed by atoms with Crippen LogP contribution in [0.25, 0.3) is 16.9 Å². The zero-order chi connectivity index (χ0) is 16.7. The molecular weight excluding hydrogens is 302 g/mol. The molecule has 1 atom stereocenters. The summed E-state index contributed by atoms with van der Waals surface area (Å²) in [5.74, 6) is 0.908. The number of likely N-dealkylation sites (N-methyl/N-ethyl adjacent to an activating group) is 1. The first-order valence-corrected chi connectivity index (χ1v) is 8.06. The van der Waals surface area contributed by atoms with Crippen LogP contribution in [-0.2, 0) is 4.79 Å². The van der Waals surface area contributed by atoms with E-state index >= 15 is 0 Å². The van der Waals surface area contributed by atoms with Crippen LogP contribution in [0, 0.1) is 6.92 Å². The molecule has 0 radical (unpaired) electrons. The van der Waals surface area contributed by atoms with Gasteiger partial charge in [-0.05, 0) is 13.3 Å². The second kappa shape index (κ2) is 5.63. The lowest BCUT2D eigenvalue weighted by molar-refractivity contribution is -0.127. The van der Waals surface area contributed by atoms with Gasteiger partial charge in [0.1, 0.15) is 11.9 Å². The first-order chi connectivity index (χ1) is 11.6. The number of nitrogens with zero attached hydrogens (tertiary/aromatic N) is 4. The lowest BCUT2D eigenvalue weighted by Gasteiger charge is -2.15. The maximum atomic E-state index is 12.2. The van der Waals surface area contributed by atoms with Crippen LogP contribution in [0.3, 0.4) is 0 Å². The Morgan fingerprint density at radius 1 is 1.21 bits per heavy atom. The highest BCUT2D eigenvalue weighted by Gasteiger charge is 2.29. The summed E-state index contributed by atoms with van der Waals surface area (Å²) in [6, 6.07) is 13.7. The largest absolute Gasteiger partial charge is 0.358 e. The Balaban J connectivity index is 1.79. The normalized spacial score (nSPS) is 17.7. The van der Waals surface area contributed by atoms with Crippen LogP contribution in [0.5, 0.6) is 0 Å². The minimum absolute atomic E-state index is 0.116. The summed E-state index contributed by atoms with van der Waals surface area (Å²) in [7, 11) is 1.83. The zero-order valence-corrected chi connectivity index (χ0v) is 13.7. The average molecular weight is 321 g/mol. The van der Waals surface area contributed by atoms with E-state index in [1.165, 1.54) is 0 Å². The number of hydrogen-bond donors (Lipinski definition) is 1. The van der Waals surface area contributed by atoms with Gasteiger partial charge < -0.3 is 10.2 Å². The van der Waals surface area contributed by atoms with Crippen LogP contribution in [-0.4, -0.2) is 45.0 Å². The average Bonchev–Trinajstić information content (AvgIpc) is 3.12. The highest BCUT2D eigenvalue weighted by molar-refractivity contribution is 5.86. The number of amides is 1. The molecule has 1 aliphatic rings. The molecule has 4 rings (SSSR count). The lowest BCUT2D eigenvalue weighted by atomic mass is 10.1. The summed E-state index contributed by atoms with van der Waals surface area (Å²) in [5.41, 5.74) is 3.57. The van der Waals surface area contributed by atoms with Crippen LogP contribution in [0.4, 0.5) is 5.82 Å². The lowest BCUT2D eigenvalue weighted by Crippen LogP contribution is -2.31. The molecule has 0 saturated carbocycles. The Bertz CT molecular complexity index is 902. The molecule has 1 aliphatic heterocycles. The summed E-state index contributed by atoms with van der Waals surface area (Å²) >= 11 is 0. The molecule has 0 spiro atoms. The number of likely N-dealkylation sites (tertiary alicyclic amines) is 1. The van der Waals surface area contributed by atoms with E-state index in [1.54, 1.807) is 9.42 Å². The summed E-state index contributed by atoms with van der Waals surface area (Å²) in [4.78, 5) is 18.7. The Hall–Kier alpha value is -2.89. The predicted octanol–water partition coefficient (Wildman–Crippen LogP) is 2.35. The minimum atomic E-state index is -0.214. The van der Waals surface area contributed by atoms with Crippen molar-refractivity contribution in [2.75, 3.05) is 18.9 Å². The number of rotatable bonds is 3. The summed E-state index contributed by atoms with van der Waals surface area (Å²) < 4.78 is 1.77. The number of hydrogen-bond acceptors (Lipinski definition) is 4. The number of carbonyl (C=O) groups excluding carboxylic acids is 1. The fourth-order valence-electron chi connectivity index (χ4n) is 3.08. The van der Waals surface area contributed by atoms with Gasteiger partial charge in [0.2, 0.25) is 5.91 Å². The molecular formula is C18H19N5O. The van der Waals surface area contributed by atoms with E-state index in [4.69, 9.17) is 4.98 Å². The molecule has 0 bridgehead atoms. The predicted molar refractivity (Wildman–Crippen MR) is 92.8 cm³/mol. The van der Waals surface area contributed by atoms with E-state index in [0.29, 0.717) is 0 Å². The van der Waals surface area contributed by atoms with E-state index in [1.807, 2.05) is 56.4 Å². The molecule has 0 aliphatic carbocycles. The molecule has 1 unspecified atom stereocenters. The van der Waals surface area contributed by atoms with E-state index < -0.39 is 0 Å². The highest BCUT2D eigenvalue weighted by Crippen LogP contribution is 2.24. The van der Waals surface area contributed by atoms with Crippen LogP contribution >= 0.6 is 0 Å². The minimum Gasteiger partial charge on any atom is -0.358 e. The Labute approximate surface area is 140 Å². The monoisotopic (exact) mass is 321 g/mol. The molecule has 6 nitrogen and oxygen atoms in total. The second-order valence-electron chi connectivity index (χ2n) is 6.19. The van der Waals surface area contributed by atoms with Crippen molar-refractivity contribution in [3.05, 3.63) is 48.2 Å². The van der Waals surface area contributed by atoms with E-state index in [-0.39, 0.29) is 11.9 Å². The molecule has 3 heterocycles. The number of aryl methyl sites for hydroxylation is 1. The van der Waals surface area contributed by atoms with Gasteiger partial charge in [0.25, 0.3) is 0 Å². The number of fused-ring (bicyclic) bond motifs is 1. The molecule has 1 amide bonds. The number of anilines is 1. The molecule has 2 aromatic heterocycles. The van der Waals surface area contributed by atoms with Crippen molar-refractivity contribution in [3.63, 3.8) is 0 Å². The first kappa shape index (κ1) is 14.7. The zero-order valence-electron chi connectivity index (χ0n) is 13.7. The number of aromatic nitrogens is 3. The number of nitrogens with one attached hydrogen (secondary N) is 1. The third-order valence-electron chi connectivity index (χ3n) is 4.37. The molecule has 1 fully saturated rings. The van der Waals surface area contributed by atoms with Crippen LogP contribution in [0.2, 0.25) is 0 Å². The van der Waals surface area contributed by atoms with E-state index in [9.17, 15) is 4.79 Å². The van der Waals surface area contributed by atoms with Gasteiger partial charge in [-0.25, -0.2) is 4.98 Å². The molecule has 24 heavy (non-hydrogen) atoms. The van der Waals surface area contributed by atoms with Crippen molar-refractivity contribution in [1.82, 2.24) is 19.5 Å². The second-order valence-corrected chi connectivity index (χ2v) is 6.19. The van der Waals surface area contributed by atoms with Gasteiger partial charge in [0, 0.05) is 31.3 Å². The topological polar surface area (TPSA) is 62.5 Å². The quantitative estimate of drug-likeness (QED) is 0.804. The van der Waals surface area contributed by atoms with Crippen molar-refractivity contribution in [1.29, 1.82) is 0 Å². The van der Waals surface area contributed by atoms with Gasteiger partial charge in [-0.1, -0.05) is 30.3 Å². The SMILES string of the molecule is Cc1cc2nc(-c3ccccc3)cc(NC3CCN(C)C3=O)n2n1. The van der Waals surface area contributed by atoms with Crippen molar-refractivity contribution in [2.45, 2.75) is 19.4 Å². The number of benzene rings is 1. The van der Waals surface area contributed by atoms with Crippen LogP contribution in [0.15, 0.2) is 42.5 Å². The third kappa shape index (κ3) is 2.50. The molecule has 6 heteroatoms. The summed E-state index contributed by atoms with van der Waals surface area (Å²) in [6.07, 6.45) is 0.792. The maximum absolute atomic E-state index is 12.2. The van der Waals surface area contributed by atoms with E-state index in [2.05, 4.69) is 10.4 Å². The van der Waals surface area contributed by atoms with Gasteiger partial charge in [-0.3, -0.25) is 4.79 Å². The molecule has 1 saturated heterocycles. The standard InChI is InChI=1S/C18H19N5O/c1-12-10-16-20-15(13-6-4-3-5-7-13)11-17(23(16)21-12)19-14-8-9-22(2)18(14)24/h3-7,10-11,14,19H,8-9H2,1-2H3.